The number of β-amino-alcohol motifs (C(OH)–C–C–N with tert-alkyl or cyclic N) is 1. The zero-order valence-electron chi connectivity index (χ0n) is 12.6. The molecule has 4 N–H and O–H groups in total. The van der Waals surface area contributed by atoms with Crippen LogP contribution in [0.3, 0.4) is 0 Å². The van der Waals surface area contributed by atoms with Crippen LogP contribution in [0.2, 0.25) is 0 Å². The summed E-state index contributed by atoms with van der Waals surface area (Å²) in [7, 11) is 0. The molecule has 5 heteroatoms. The van der Waals surface area contributed by atoms with E-state index in [-0.39, 0.29) is 18.6 Å². The van der Waals surface area contributed by atoms with Crippen molar-refractivity contribution in [2.24, 2.45) is 11.7 Å². The molecular weight excluding hydrogens is 268 g/mol. The Bertz CT molecular complexity index is 441. The highest BCUT2D eigenvalue weighted by Crippen LogP contribution is 2.19. The molecule has 3 unspecified atom stereocenters. The quantitative estimate of drug-likeness (QED) is 0.715. The van der Waals surface area contributed by atoms with Crippen molar-refractivity contribution in [2.75, 3.05) is 26.2 Å². The molecule has 0 amide bonds. The first kappa shape index (κ1) is 16.2. The summed E-state index contributed by atoms with van der Waals surface area (Å²) in [5.74, 6) is 0.992. The second kappa shape index (κ2) is 7.75. The third kappa shape index (κ3) is 4.68. The normalized spacial score (nSPS) is 24.8. The average molecular weight is 294 g/mol. The maximum atomic E-state index is 10.1. The van der Waals surface area contributed by atoms with Gasteiger partial charge < -0.3 is 25.6 Å². The number of nitrogens with two attached hydrogens (primary N) is 1. The lowest BCUT2D eigenvalue weighted by Crippen LogP contribution is -2.45. The third-order valence-corrected chi connectivity index (χ3v) is 4.04. The summed E-state index contributed by atoms with van der Waals surface area (Å²) in [5.41, 5.74) is 6.60. The number of nitrogens with zero attached hydrogens (tertiary/aromatic N) is 1. The van der Waals surface area contributed by atoms with E-state index in [0.29, 0.717) is 13.1 Å². The molecule has 0 aliphatic carbocycles. The maximum Gasteiger partial charge on any atom is 0.123 e. The van der Waals surface area contributed by atoms with E-state index >= 15 is 0 Å². The van der Waals surface area contributed by atoms with Crippen LogP contribution in [-0.4, -0.2) is 53.6 Å². The number of piperidine rings is 1. The molecule has 5 nitrogen and oxygen atoms in total. The van der Waals surface area contributed by atoms with Gasteiger partial charge in [-0.15, -0.1) is 0 Å². The topological polar surface area (TPSA) is 79.0 Å². The van der Waals surface area contributed by atoms with Crippen LogP contribution in [0.4, 0.5) is 0 Å². The SMILES string of the molecule is CC1CN(CC(O)COc2ccccc2CN)CCC1O. The highest BCUT2D eigenvalue weighted by atomic mass is 16.5. The van der Waals surface area contributed by atoms with Gasteiger partial charge in [0, 0.05) is 31.7 Å². The fourth-order valence-corrected chi connectivity index (χ4v) is 2.74. The molecule has 118 valence electrons. The molecule has 1 aliphatic rings. The lowest BCUT2D eigenvalue weighted by atomic mass is 9.96. The highest BCUT2D eigenvalue weighted by molar-refractivity contribution is 5.32. The smallest absolute Gasteiger partial charge is 0.123 e. The van der Waals surface area contributed by atoms with E-state index in [1.165, 1.54) is 0 Å². The second-order valence-corrected chi connectivity index (χ2v) is 5.87. The number of aliphatic hydroxyl groups is 2. The minimum absolute atomic E-state index is 0.217. The van der Waals surface area contributed by atoms with Gasteiger partial charge in [0.1, 0.15) is 18.5 Å². The molecule has 0 aromatic heterocycles. The summed E-state index contributed by atoms with van der Waals surface area (Å²) in [6, 6.07) is 7.62. The summed E-state index contributed by atoms with van der Waals surface area (Å²) < 4.78 is 5.67. The number of rotatable bonds is 6. The molecule has 0 radical (unpaired) electrons. The lowest BCUT2D eigenvalue weighted by molar-refractivity contribution is 0.00576. The van der Waals surface area contributed by atoms with Gasteiger partial charge in [-0.1, -0.05) is 25.1 Å². The summed E-state index contributed by atoms with van der Waals surface area (Å²) in [5, 5.41) is 19.8. The van der Waals surface area contributed by atoms with Gasteiger partial charge >= 0.3 is 0 Å². The Kier molecular flexibility index (Phi) is 5.99. The van der Waals surface area contributed by atoms with E-state index in [9.17, 15) is 10.2 Å². The van der Waals surface area contributed by atoms with E-state index in [1.54, 1.807) is 0 Å². The summed E-state index contributed by atoms with van der Waals surface area (Å²) >= 11 is 0. The molecule has 1 aromatic carbocycles. The van der Waals surface area contributed by atoms with Crippen molar-refractivity contribution in [3.63, 3.8) is 0 Å². The first-order valence-electron chi connectivity index (χ1n) is 7.59. The predicted octanol–water partition coefficient (Wildman–Crippen LogP) is 0.588. The van der Waals surface area contributed by atoms with Gasteiger partial charge in [-0.3, -0.25) is 0 Å². The first-order valence-corrected chi connectivity index (χ1v) is 7.59. The van der Waals surface area contributed by atoms with Crippen molar-refractivity contribution in [1.29, 1.82) is 0 Å². The molecule has 1 aliphatic heterocycles. The Morgan fingerprint density at radius 1 is 1.43 bits per heavy atom. The number of benzene rings is 1. The Morgan fingerprint density at radius 3 is 2.90 bits per heavy atom. The van der Waals surface area contributed by atoms with Crippen LogP contribution in [-0.2, 0) is 6.54 Å². The Labute approximate surface area is 126 Å². The van der Waals surface area contributed by atoms with E-state index in [1.807, 2.05) is 31.2 Å². The molecule has 0 spiro atoms. The first-order chi connectivity index (χ1) is 10.1. The lowest BCUT2D eigenvalue weighted by Gasteiger charge is -2.35. The van der Waals surface area contributed by atoms with Crippen LogP contribution in [0.15, 0.2) is 24.3 Å². The summed E-state index contributed by atoms with van der Waals surface area (Å²) in [6.45, 7) is 4.93. The molecule has 2 rings (SSSR count). The van der Waals surface area contributed by atoms with Gasteiger partial charge in [0.2, 0.25) is 0 Å². The number of para-hydroxylation sites is 1. The second-order valence-electron chi connectivity index (χ2n) is 5.87. The predicted molar refractivity (Wildman–Crippen MR) is 82.1 cm³/mol. The van der Waals surface area contributed by atoms with Crippen LogP contribution in [0.5, 0.6) is 5.75 Å². The molecular formula is C16H26N2O3. The average Bonchev–Trinajstić information content (AvgIpc) is 2.49. The summed E-state index contributed by atoms with van der Waals surface area (Å²) in [4.78, 5) is 2.18. The molecule has 1 heterocycles. The molecule has 1 saturated heterocycles. The zero-order chi connectivity index (χ0) is 15.2. The molecule has 0 bridgehead atoms. The van der Waals surface area contributed by atoms with E-state index in [4.69, 9.17) is 10.5 Å². The van der Waals surface area contributed by atoms with Crippen molar-refractivity contribution in [3.05, 3.63) is 29.8 Å². The van der Waals surface area contributed by atoms with Crippen LogP contribution >= 0.6 is 0 Å². The minimum Gasteiger partial charge on any atom is -0.491 e. The van der Waals surface area contributed by atoms with E-state index < -0.39 is 6.10 Å². The Hall–Kier alpha value is -1.14. The van der Waals surface area contributed by atoms with Crippen molar-refractivity contribution >= 4 is 0 Å². The molecule has 0 saturated carbocycles. The van der Waals surface area contributed by atoms with Crippen molar-refractivity contribution in [1.82, 2.24) is 4.90 Å². The van der Waals surface area contributed by atoms with Crippen LogP contribution in [0.25, 0.3) is 0 Å². The van der Waals surface area contributed by atoms with Gasteiger partial charge in [0.25, 0.3) is 0 Å². The Balaban J connectivity index is 1.78. The fraction of sp³-hybridized carbons (Fsp3) is 0.625. The number of aliphatic hydroxyl groups excluding tert-OH is 2. The Morgan fingerprint density at radius 2 is 2.19 bits per heavy atom. The van der Waals surface area contributed by atoms with Gasteiger partial charge in [-0.2, -0.15) is 0 Å². The largest absolute Gasteiger partial charge is 0.491 e. The number of hydrogen-bond acceptors (Lipinski definition) is 5. The van der Waals surface area contributed by atoms with E-state index in [2.05, 4.69) is 4.90 Å². The fourth-order valence-electron chi connectivity index (χ4n) is 2.74. The maximum absolute atomic E-state index is 10.1. The van der Waals surface area contributed by atoms with Crippen LogP contribution < -0.4 is 10.5 Å². The standard InChI is InChI=1S/C16H26N2O3/c1-12-9-18(7-6-15(12)20)10-14(19)11-21-16-5-3-2-4-13(16)8-17/h2-5,12,14-15,19-20H,6-11,17H2,1H3. The third-order valence-electron chi connectivity index (χ3n) is 4.04. The summed E-state index contributed by atoms with van der Waals surface area (Å²) in [6.07, 6.45) is 0.00874. The van der Waals surface area contributed by atoms with Crippen molar-refractivity contribution in [3.8, 4) is 5.75 Å². The van der Waals surface area contributed by atoms with Gasteiger partial charge in [-0.25, -0.2) is 0 Å². The number of ether oxygens (including phenoxy) is 1. The highest BCUT2D eigenvalue weighted by Gasteiger charge is 2.25. The molecule has 1 aromatic rings. The van der Waals surface area contributed by atoms with E-state index in [0.717, 1.165) is 30.8 Å². The molecule has 21 heavy (non-hydrogen) atoms. The molecule has 3 atom stereocenters. The van der Waals surface area contributed by atoms with Crippen LogP contribution in [0.1, 0.15) is 18.9 Å². The monoisotopic (exact) mass is 294 g/mol. The number of hydrogen-bond donors (Lipinski definition) is 3. The van der Waals surface area contributed by atoms with Gasteiger partial charge in [-0.05, 0) is 18.4 Å². The van der Waals surface area contributed by atoms with Crippen molar-refractivity contribution < 1.29 is 14.9 Å². The number of likely N-dealkylation sites (tertiary alicyclic amines) is 1. The zero-order valence-corrected chi connectivity index (χ0v) is 12.6. The van der Waals surface area contributed by atoms with Crippen LogP contribution in [0, 0.1) is 5.92 Å². The molecule has 1 fully saturated rings. The van der Waals surface area contributed by atoms with Crippen molar-refractivity contribution in [2.45, 2.75) is 32.1 Å². The minimum atomic E-state index is -0.543. The van der Waals surface area contributed by atoms with Gasteiger partial charge in [0.15, 0.2) is 0 Å². The van der Waals surface area contributed by atoms with Gasteiger partial charge in [0.05, 0.1) is 6.10 Å².